The van der Waals surface area contributed by atoms with Crippen LogP contribution in [0.3, 0.4) is 0 Å². The summed E-state index contributed by atoms with van der Waals surface area (Å²) < 4.78 is 0. The van der Waals surface area contributed by atoms with Crippen LogP contribution in [0.4, 0.5) is 0 Å². The van der Waals surface area contributed by atoms with E-state index in [0.717, 1.165) is 12.1 Å². The topological polar surface area (TPSA) is 29.1 Å². The molecular weight excluding hydrogens is 186 g/mol. The second-order valence-corrected chi connectivity index (χ2v) is 4.77. The zero-order valence-corrected chi connectivity index (χ0v) is 10.9. The summed E-state index contributed by atoms with van der Waals surface area (Å²) in [5.41, 5.74) is 1.06. The molecule has 0 rings (SSSR count). The Morgan fingerprint density at radius 2 is 1.67 bits per heavy atom. The van der Waals surface area contributed by atoms with Crippen LogP contribution in [0.15, 0.2) is 11.8 Å². The number of hydrogen-bond donors (Lipinski definition) is 1. The first-order valence-electron chi connectivity index (χ1n) is 5.90. The fourth-order valence-corrected chi connectivity index (χ4v) is 1.08. The fraction of sp³-hybridized carbons (Fsp3) is 0.769. The van der Waals surface area contributed by atoms with Crippen molar-refractivity contribution < 1.29 is 4.79 Å². The molecule has 0 aromatic carbocycles. The lowest BCUT2D eigenvalue weighted by Crippen LogP contribution is -2.28. The Bertz CT molecular complexity index is 229. The number of allylic oxidation sites excluding steroid dienone is 2. The summed E-state index contributed by atoms with van der Waals surface area (Å²) >= 11 is 0. The molecule has 88 valence electrons. The summed E-state index contributed by atoms with van der Waals surface area (Å²) in [6.07, 6.45) is 2.83. The van der Waals surface area contributed by atoms with Gasteiger partial charge in [-0.05, 0) is 19.3 Å². The van der Waals surface area contributed by atoms with Gasteiger partial charge in [0.1, 0.15) is 0 Å². The number of carbonyl (C=O) groups is 1. The maximum absolute atomic E-state index is 11.6. The summed E-state index contributed by atoms with van der Waals surface area (Å²) in [6.45, 7) is 12.3. The third kappa shape index (κ3) is 5.60. The van der Waals surface area contributed by atoms with Gasteiger partial charge in [0.15, 0.2) is 5.78 Å². The van der Waals surface area contributed by atoms with Gasteiger partial charge in [0.05, 0.1) is 0 Å². The molecule has 0 aliphatic heterocycles. The normalized spacial score (nSPS) is 14.5. The van der Waals surface area contributed by atoms with Crippen LogP contribution in [0.25, 0.3) is 0 Å². The van der Waals surface area contributed by atoms with Crippen molar-refractivity contribution in [3.05, 3.63) is 11.8 Å². The second-order valence-electron chi connectivity index (χ2n) is 4.77. The van der Waals surface area contributed by atoms with Crippen molar-refractivity contribution in [2.75, 3.05) is 0 Å². The molecule has 0 heterocycles. The lowest BCUT2D eigenvalue weighted by Gasteiger charge is -2.19. The first-order valence-corrected chi connectivity index (χ1v) is 5.90. The molecule has 0 aliphatic rings. The van der Waals surface area contributed by atoms with Crippen LogP contribution in [0, 0.1) is 11.8 Å². The Morgan fingerprint density at radius 3 is 2.00 bits per heavy atom. The van der Waals surface area contributed by atoms with Crippen molar-refractivity contribution >= 4 is 5.78 Å². The van der Waals surface area contributed by atoms with Gasteiger partial charge in [-0.15, -0.1) is 0 Å². The summed E-state index contributed by atoms with van der Waals surface area (Å²) in [7, 11) is 0. The van der Waals surface area contributed by atoms with E-state index in [-0.39, 0.29) is 11.7 Å². The zero-order chi connectivity index (χ0) is 12.0. The molecule has 0 fully saturated rings. The number of nitrogens with one attached hydrogen (secondary N) is 1. The van der Waals surface area contributed by atoms with Crippen LogP contribution >= 0.6 is 0 Å². The van der Waals surface area contributed by atoms with Crippen molar-refractivity contribution in [3.8, 4) is 0 Å². The van der Waals surface area contributed by atoms with Crippen LogP contribution in [-0.4, -0.2) is 11.8 Å². The Kier molecular flexibility index (Phi) is 6.30. The van der Waals surface area contributed by atoms with Gasteiger partial charge in [-0.1, -0.05) is 34.6 Å². The van der Waals surface area contributed by atoms with E-state index in [2.05, 4.69) is 33.0 Å². The van der Waals surface area contributed by atoms with Gasteiger partial charge < -0.3 is 5.32 Å². The maximum atomic E-state index is 11.6. The van der Waals surface area contributed by atoms with E-state index in [4.69, 9.17) is 0 Å². The molecule has 1 N–H and O–H groups in total. The van der Waals surface area contributed by atoms with Gasteiger partial charge in [-0.3, -0.25) is 4.79 Å². The van der Waals surface area contributed by atoms with E-state index in [1.165, 1.54) is 0 Å². The zero-order valence-electron chi connectivity index (χ0n) is 10.9. The highest BCUT2D eigenvalue weighted by molar-refractivity contribution is 5.91. The molecule has 0 radical (unpaired) electrons. The highest BCUT2D eigenvalue weighted by Gasteiger charge is 2.10. The Morgan fingerprint density at radius 1 is 1.13 bits per heavy atom. The molecule has 0 saturated heterocycles. The minimum absolute atomic E-state index is 0.0810. The smallest absolute Gasteiger partial charge is 0.159 e. The fourth-order valence-electron chi connectivity index (χ4n) is 1.08. The summed E-state index contributed by atoms with van der Waals surface area (Å²) in [5, 5.41) is 3.39. The molecule has 0 saturated carbocycles. The number of rotatable bonds is 6. The average molecular weight is 211 g/mol. The van der Waals surface area contributed by atoms with Crippen LogP contribution in [-0.2, 0) is 4.79 Å². The molecule has 15 heavy (non-hydrogen) atoms. The third-order valence-corrected chi connectivity index (χ3v) is 2.51. The molecule has 0 amide bonds. The minimum atomic E-state index is 0.0810. The average Bonchev–Trinajstić information content (AvgIpc) is 2.15. The summed E-state index contributed by atoms with van der Waals surface area (Å²) in [6, 6.07) is 0.429. The van der Waals surface area contributed by atoms with E-state index >= 15 is 0 Å². The van der Waals surface area contributed by atoms with Gasteiger partial charge in [0.25, 0.3) is 0 Å². The molecule has 1 unspecified atom stereocenters. The van der Waals surface area contributed by atoms with Crippen molar-refractivity contribution in [3.63, 3.8) is 0 Å². The number of ketones is 1. The van der Waals surface area contributed by atoms with E-state index in [1.807, 2.05) is 13.8 Å². The Hall–Kier alpha value is -0.790. The van der Waals surface area contributed by atoms with Crippen molar-refractivity contribution in [1.82, 2.24) is 5.32 Å². The third-order valence-electron chi connectivity index (χ3n) is 2.51. The molecule has 1 atom stereocenters. The Balaban J connectivity index is 4.59. The molecule has 0 aromatic rings. The SMILES string of the molecule is CCC(C)NC(=CC(=O)C(C)C)C(C)C. The van der Waals surface area contributed by atoms with Crippen molar-refractivity contribution in [2.24, 2.45) is 11.8 Å². The molecular formula is C13H25NO. The van der Waals surface area contributed by atoms with Gasteiger partial charge in [-0.25, -0.2) is 0 Å². The molecule has 0 spiro atoms. The minimum Gasteiger partial charge on any atom is -0.386 e. The van der Waals surface area contributed by atoms with Gasteiger partial charge in [0, 0.05) is 23.7 Å². The second kappa shape index (κ2) is 6.65. The van der Waals surface area contributed by atoms with Crippen LogP contribution < -0.4 is 5.32 Å². The predicted octanol–water partition coefficient (Wildman–Crippen LogP) is 3.14. The van der Waals surface area contributed by atoms with Gasteiger partial charge in [-0.2, -0.15) is 0 Å². The monoisotopic (exact) mass is 211 g/mol. The largest absolute Gasteiger partial charge is 0.386 e. The number of carbonyl (C=O) groups excluding carboxylic acids is 1. The first kappa shape index (κ1) is 14.2. The molecule has 0 aromatic heterocycles. The lowest BCUT2D eigenvalue weighted by atomic mass is 10.0. The maximum Gasteiger partial charge on any atom is 0.159 e. The highest BCUT2D eigenvalue weighted by Crippen LogP contribution is 2.10. The molecule has 0 aliphatic carbocycles. The lowest BCUT2D eigenvalue weighted by molar-refractivity contribution is -0.117. The van der Waals surface area contributed by atoms with Gasteiger partial charge >= 0.3 is 0 Å². The standard InChI is InChI=1S/C13H25NO/c1-7-11(6)14-12(9(2)3)8-13(15)10(4)5/h8-11,14H,7H2,1-6H3. The van der Waals surface area contributed by atoms with Crippen LogP contribution in [0.2, 0.25) is 0 Å². The molecule has 2 heteroatoms. The number of hydrogen-bond acceptors (Lipinski definition) is 2. The van der Waals surface area contributed by atoms with E-state index in [9.17, 15) is 4.79 Å². The van der Waals surface area contributed by atoms with Crippen molar-refractivity contribution in [1.29, 1.82) is 0 Å². The summed E-state index contributed by atoms with van der Waals surface area (Å²) in [4.78, 5) is 11.6. The van der Waals surface area contributed by atoms with E-state index in [1.54, 1.807) is 6.08 Å². The van der Waals surface area contributed by atoms with Crippen LogP contribution in [0.5, 0.6) is 0 Å². The van der Waals surface area contributed by atoms with E-state index in [0.29, 0.717) is 12.0 Å². The highest BCUT2D eigenvalue weighted by atomic mass is 16.1. The van der Waals surface area contributed by atoms with E-state index < -0.39 is 0 Å². The molecule has 2 nitrogen and oxygen atoms in total. The van der Waals surface area contributed by atoms with Crippen molar-refractivity contribution in [2.45, 2.75) is 54.0 Å². The van der Waals surface area contributed by atoms with Crippen LogP contribution in [0.1, 0.15) is 48.0 Å². The quantitative estimate of drug-likeness (QED) is 0.684. The first-order chi connectivity index (χ1) is 6.88. The Labute approximate surface area is 94.1 Å². The predicted molar refractivity (Wildman–Crippen MR) is 65.7 cm³/mol. The molecule has 0 bridgehead atoms. The summed E-state index contributed by atoms with van der Waals surface area (Å²) in [5.74, 6) is 0.661. The van der Waals surface area contributed by atoms with Gasteiger partial charge in [0.2, 0.25) is 0 Å².